The lowest BCUT2D eigenvalue weighted by Crippen LogP contribution is -2.27. The van der Waals surface area contributed by atoms with Gasteiger partial charge >= 0.3 is 5.97 Å². The molecule has 0 unspecified atom stereocenters. The highest BCUT2D eigenvalue weighted by atomic mass is 16.5. The minimum absolute atomic E-state index is 0.102. The van der Waals surface area contributed by atoms with Gasteiger partial charge in [-0.15, -0.1) is 0 Å². The van der Waals surface area contributed by atoms with Crippen LogP contribution in [0.3, 0.4) is 0 Å². The lowest BCUT2D eigenvalue weighted by molar-refractivity contribution is 0.0528. The van der Waals surface area contributed by atoms with Crippen LogP contribution in [0.15, 0.2) is 29.5 Å². The Morgan fingerprint density at radius 1 is 1.22 bits per heavy atom. The molecule has 0 aromatic carbocycles. The number of aromatic nitrogens is 4. The smallest absolute Gasteiger partial charge is 0.343 e. The van der Waals surface area contributed by atoms with Gasteiger partial charge in [-0.3, -0.25) is 4.79 Å². The fraction of sp³-hybridized carbons (Fsp3) is 0.474. The molecule has 8 nitrogen and oxygen atoms in total. The van der Waals surface area contributed by atoms with Crippen molar-refractivity contribution in [3.63, 3.8) is 0 Å². The molecular weight excluding hydrogens is 346 g/mol. The van der Waals surface area contributed by atoms with E-state index in [1.807, 2.05) is 6.07 Å². The molecule has 8 heteroatoms. The number of pyridine rings is 1. The fourth-order valence-corrected chi connectivity index (χ4v) is 3.19. The maximum Gasteiger partial charge on any atom is 0.343 e. The summed E-state index contributed by atoms with van der Waals surface area (Å²) in [5.41, 5.74) is 1.21. The first-order chi connectivity index (χ1) is 13.1. The van der Waals surface area contributed by atoms with Gasteiger partial charge in [-0.2, -0.15) is 5.10 Å². The molecule has 0 spiro atoms. The van der Waals surface area contributed by atoms with Gasteiger partial charge in [0, 0.05) is 18.9 Å². The molecule has 0 saturated heterocycles. The number of carbonyl (C=O) groups excluding carboxylic acids is 1. The van der Waals surface area contributed by atoms with Crippen molar-refractivity contribution in [2.75, 3.05) is 26.2 Å². The van der Waals surface area contributed by atoms with Crippen LogP contribution in [0.4, 0.5) is 0 Å². The third-order valence-electron chi connectivity index (χ3n) is 4.73. The maximum atomic E-state index is 12.8. The molecule has 0 aliphatic rings. The van der Waals surface area contributed by atoms with E-state index in [1.165, 1.54) is 16.9 Å². The van der Waals surface area contributed by atoms with E-state index in [4.69, 9.17) is 4.74 Å². The minimum atomic E-state index is -0.468. The highest BCUT2D eigenvalue weighted by Gasteiger charge is 2.17. The second-order valence-electron chi connectivity index (χ2n) is 6.27. The van der Waals surface area contributed by atoms with Crippen LogP contribution in [0.2, 0.25) is 0 Å². The van der Waals surface area contributed by atoms with Gasteiger partial charge in [0.2, 0.25) is 0 Å². The van der Waals surface area contributed by atoms with Crippen LogP contribution in [0.5, 0.6) is 0 Å². The van der Waals surface area contributed by atoms with E-state index in [-0.39, 0.29) is 12.2 Å². The van der Waals surface area contributed by atoms with Crippen molar-refractivity contribution < 1.29 is 9.53 Å². The summed E-state index contributed by atoms with van der Waals surface area (Å²) >= 11 is 0. The van der Waals surface area contributed by atoms with Crippen LogP contribution in [0.25, 0.3) is 16.6 Å². The van der Waals surface area contributed by atoms with Crippen molar-refractivity contribution in [2.24, 2.45) is 0 Å². The summed E-state index contributed by atoms with van der Waals surface area (Å²) in [6.45, 7) is 9.92. The fourth-order valence-electron chi connectivity index (χ4n) is 3.19. The Balaban J connectivity index is 1.92. The van der Waals surface area contributed by atoms with Crippen molar-refractivity contribution in [2.45, 2.75) is 33.7 Å². The largest absolute Gasteiger partial charge is 0.462 e. The molecule has 0 aliphatic heterocycles. The third-order valence-corrected chi connectivity index (χ3v) is 4.73. The second-order valence-corrected chi connectivity index (χ2v) is 6.27. The SMILES string of the molecule is CCOC(=O)c1cnn2c1ncc1c(=O)n(CCCN(CC)CC)ccc12. The van der Waals surface area contributed by atoms with Crippen molar-refractivity contribution in [1.29, 1.82) is 0 Å². The molecule has 0 amide bonds. The van der Waals surface area contributed by atoms with Crippen LogP contribution < -0.4 is 5.56 Å². The molecule has 0 bridgehead atoms. The summed E-state index contributed by atoms with van der Waals surface area (Å²) in [6.07, 6.45) is 5.61. The lowest BCUT2D eigenvalue weighted by atomic mass is 10.2. The highest BCUT2D eigenvalue weighted by molar-refractivity contribution is 5.96. The average molecular weight is 371 g/mol. The number of hydrogen-bond acceptors (Lipinski definition) is 6. The van der Waals surface area contributed by atoms with Crippen molar-refractivity contribution >= 4 is 22.5 Å². The number of esters is 1. The summed E-state index contributed by atoms with van der Waals surface area (Å²) in [6, 6.07) is 1.84. The van der Waals surface area contributed by atoms with Crippen molar-refractivity contribution in [1.82, 2.24) is 24.1 Å². The predicted octanol–water partition coefficient (Wildman–Crippen LogP) is 1.95. The molecule has 0 N–H and O–H groups in total. The molecule has 3 aromatic heterocycles. The van der Waals surface area contributed by atoms with Gasteiger partial charge in [0.1, 0.15) is 5.56 Å². The van der Waals surface area contributed by atoms with Gasteiger partial charge in [0.25, 0.3) is 5.56 Å². The predicted molar refractivity (Wildman–Crippen MR) is 103 cm³/mol. The zero-order valence-corrected chi connectivity index (χ0v) is 16.0. The zero-order valence-electron chi connectivity index (χ0n) is 16.0. The number of hydrogen-bond donors (Lipinski definition) is 0. The Hall–Kier alpha value is -2.74. The Bertz CT molecular complexity index is 1000. The van der Waals surface area contributed by atoms with Crippen LogP contribution >= 0.6 is 0 Å². The maximum absolute atomic E-state index is 12.8. The van der Waals surface area contributed by atoms with E-state index >= 15 is 0 Å². The number of fused-ring (bicyclic) bond motifs is 3. The molecule has 27 heavy (non-hydrogen) atoms. The Kier molecular flexibility index (Phi) is 5.85. The quantitative estimate of drug-likeness (QED) is 0.563. The molecule has 0 atom stereocenters. The van der Waals surface area contributed by atoms with Crippen LogP contribution in [0, 0.1) is 0 Å². The number of ether oxygens (including phenoxy) is 1. The van der Waals surface area contributed by atoms with E-state index < -0.39 is 5.97 Å². The van der Waals surface area contributed by atoms with Gasteiger partial charge in [0.15, 0.2) is 5.65 Å². The molecule has 144 valence electrons. The van der Waals surface area contributed by atoms with Crippen molar-refractivity contribution in [3.05, 3.63) is 40.6 Å². The third kappa shape index (κ3) is 3.71. The normalized spacial score (nSPS) is 11.6. The average Bonchev–Trinajstić information content (AvgIpc) is 3.11. The van der Waals surface area contributed by atoms with Gasteiger partial charge in [-0.25, -0.2) is 14.3 Å². The summed E-state index contributed by atoms with van der Waals surface area (Å²) in [4.78, 5) is 31.4. The van der Waals surface area contributed by atoms with E-state index in [2.05, 4.69) is 28.8 Å². The molecular formula is C19H25N5O3. The number of nitrogens with zero attached hydrogens (tertiary/aromatic N) is 5. The van der Waals surface area contributed by atoms with E-state index in [9.17, 15) is 9.59 Å². The first-order valence-electron chi connectivity index (χ1n) is 9.36. The van der Waals surface area contributed by atoms with Crippen LogP contribution in [-0.2, 0) is 11.3 Å². The van der Waals surface area contributed by atoms with Gasteiger partial charge in [-0.1, -0.05) is 13.8 Å². The standard InChI is InChI=1S/C19H25N5O3/c1-4-22(5-2)9-7-10-23-11-8-16-14(18(23)25)12-20-17-15(13-21-24(16)17)19(26)27-6-3/h8,11-13H,4-7,9-10H2,1-3H3. The van der Waals surface area contributed by atoms with Crippen LogP contribution in [-0.4, -0.2) is 56.3 Å². The highest BCUT2D eigenvalue weighted by Crippen LogP contribution is 2.15. The molecule has 0 fully saturated rings. The van der Waals surface area contributed by atoms with Gasteiger partial charge in [0.05, 0.1) is 23.7 Å². The molecule has 3 heterocycles. The Morgan fingerprint density at radius 2 is 2.00 bits per heavy atom. The summed E-state index contributed by atoms with van der Waals surface area (Å²) < 4.78 is 8.25. The summed E-state index contributed by atoms with van der Waals surface area (Å²) in [5, 5.41) is 4.71. The van der Waals surface area contributed by atoms with Crippen LogP contribution in [0.1, 0.15) is 37.6 Å². The molecule has 3 aromatic rings. The lowest BCUT2D eigenvalue weighted by Gasteiger charge is -2.18. The first kappa shape index (κ1) is 19.0. The number of rotatable bonds is 8. The number of aryl methyl sites for hydroxylation is 1. The van der Waals surface area contributed by atoms with Gasteiger partial charge < -0.3 is 14.2 Å². The topological polar surface area (TPSA) is 81.7 Å². The van der Waals surface area contributed by atoms with E-state index in [1.54, 1.807) is 17.7 Å². The minimum Gasteiger partial charge on any atom is -0.462 e. The Morgan fingerprint density at radius 3 is 2.70 bits per heavy atom. The molecule has 0 saturated carbocycles. The molecule has 0 aliphatic carbocycles. The molecule has 0 radical (unpaired) electrons. The second kappa shape index (κ2) is 8.30. The monoisotopic (exact) mass is 371 g/mol. The van der Waals surface area contributed by atoms with Gasteiger partial charge in [-0.05, 0) is 39.0 Å². The first-order valence-corrected chi connectivity index (χ1v) is 9.36. The van der Waals surface area contributed by atoms with Crippen molar-refractivity contribution in [3.8, 4) is 0 Å². The zero-order chi connectivity index (χ0) is 19.4. The number of carbonyl (C=O) groups is 1. The van der Waals surface area contributed by atoms with E-state index in [0.29, 0.717) is 28.7 Å². The molecule has 3 rings (SSSR count). The summed E-state index contributed by atoms with van der Waals surface area (Å²) in [7, 11) is 0. The Labute approximate surface area is 157 Å². The van der Waals surface area contributed by atoms with E-state index in [0.717, 1.165) is 26.1 Å². The summed E-state index contributed by atoms with van der Waals surface area (Å²) in [5.74, 6) is -0.468.